The largest absolute Gasteiger partial charge is 0.479 e. The number of benzene rings is 1. The van der Waals surface area contributed by atoms with Gasteiger partial charge >= 0.3 is 12.0 Å². The average Bonchev–Trinajstić information content (AvgIpc) is 2.42. The van der Waals surface area contributed by atoms with Gasteiger partial charge < -0.3 is 20.2 Å². The molecule has 6 heteroatoms. The third-order valence-corrected chi connectivity index (χ3v) is 2.88. The lowest BCUT2D eigenvalue weighted by Gasteiger charge is -2.23. The Kier molecular flexibility index (Phi) is 5.99. The first kappa shape index (κ1) is 16.0. The van der Waals surface area contributed by atoms with E-state index >= 15 is 0 Å². The predicted molar refractivity (Wildman–Crippen MR) is 76.5 cm³/mol. The van der Waals surface area contributed by atoms with Gasteiger partial charge in [-0.25, -0.2) is 9.59 Å². The molecule has 0 aliphatic rings. The summed E-state index contributed by atoms with van der Waals surface area (Å²) in [5, 5.41) is 11.8. The average molecular weight is 279 g/mol. The molecule has 0 fully saturated rings. The Morgan fingerprint density at radius 1 is 1.15 bits per heavy atom. The summed E-state index contributed by atoms with van der Waals surface area (Å²) in [6, 6.07) is 7.21. The molecule has 2 N–H and O–H groups in total. The number of likely N-dealkylation sites (N-methyl/N-ethyl adjacent to an activating group) is 2. The van der Waals surface area contributed by atoms with Gasteiger partial charge in [0.05, 0.1) is 0 Å². The van der Waals surface area contributed by atoms with Gasteiger partial charge in [0.25, 0.3) is 0 Å². The lowest BCUT2D eigenvalue weighted by Crippen LogP contribution is -2.44. The second-order valence-corrected chi connectivity index (χ2v) is 4.86. The van der Waals surface area contributed by atoms with Crippen molar-refractivity contribution in [2.75, 3.05) is 34.2 Å². The number of aliphatic carboxylic acids is 1. The zero-order valence-electron chi connectivity index (χ0n) is 12.0. The van der Waals surface area contributed by atoms with E-state index in [2.05, 4.69) is 5.32 Å². The van der Waals surface area contributed by atoms with Crippen molar-refractivity contribution in [3.05, 3.63) is 35.9 Å². The van der Waals surface area contributed by atoms with Crippen molar-refractivity contribution < 1.29 is 14.7 Å². The van der Waals surface area contributed by atoms with Crippen LogP contribution in [0.2, 0.25) is 0 Å². The lowest BCUT2D eigenvalue weighted by atomic mass is 10.1. The highest BCUT2D eigenvalue weighted by Gasteiger charge is 2.23. The third kappa shape index (κ3) is 4.89. The molecule has 20 heavy (non-hydrogen) atoms. The highest BCUT2D eigenvalue weighted by atomic mass is 16.4. The number of carboxylic acids is 1. The number of carboxylic acid groups (broad SMARTS) is 1. The van der Waals surface area contributed by atoms with E-state index in [9.17, 15) is 14.7 Å². The Bertz CT molecular complexity index is 448. The Balaban J connectivity index is 2.67. The minimum atomic E-state index is -1.08. The van der Waals surface area contributed by atoms with E-state index in [0.29, 0.717) is 18.7 Å². The molecular weight excluding hydrogens is 258 g/mol. The number of nitrogens with one attached hydrogen (secondary N) is 1. The van der Waals surface area contributed by atoms with Crippen LogP contribution < -0.4 is 5.32 Å². The predicted octanol–water partition coefficient (Wildman–Crippen LogP) is 1.02. The van der Waals surface area contributed by atoms with Gasteiger partial charge in [-0.2, -0.15) is 0 Å². The van der Waals surface area contributed by atoms with Crippen molar-refractivity contribution in [2.24, 2.45) is 0 Å². The van der Waals surface area contributed by atoms with Gasteiger partial charge in [-0.05, 0) is 19.7 Å². The van der Waals surface area contributed by atoms with Crippen LogP contribution in [0.15, 0.2) is 30.3 Å². The maximum absolute atomic E-state index is 12.0. The van der Waals surface area contributed by atoms with Gasteiger partial charge in [0.15, 0.2) is 6.04 Å². The van der Waals surface area contributed by atoms with Crippen molar-refractivity contribution in [3.63, 3.8) is 0 Å². The van der Waals surface area contributed by atoms with Gasteiger partial charge in [-0.15, -0.1) is 0 Å². The van der Waals surface area contributed by atoms with Crippen LogP contribution in [-0.4, -0.2) is 61.1 Å². The molecule has 1 aromatic rings. The maximum Gasteiger partial charge on any atom is 0.330 e. The van der Waals surface area contributed by atoms with Crippen LogP contribution in [0.1, 0.15) is 11.6 Å². The fourth-order valence-corrected chi connectivity index (χ4v) is 1.62. The topological polar surface area (TPSA) is 72.9 Å². The molecule has 0 bridgehead atoms. The first-order chi connectivity index (χ1) is 9.41. The number of hydrogen-bond acceptors (Lipinski definition) is 3. The Morgan fingerprint density at radius 2 is 1.75 bits per heavy atom. The van der Waals surface area contributed by atoms with Gasteiger partial charge in [0.2, 0.25) is 0 Å². The highest BCUT2D eigenvalue weighted by Crippen LogP contribution is 2.12. The molecule has 0 unspecified atom stereocenters. The molecule has 2 amide bonds. The number of hydrogen-bond donors (Lipinski definition) is 2. The second-order valence-electron chi connectivity index (χ2n) is 4.86. The van der Waals surface area contributed by atoms with E-state index in [4.69, 9.17) is 0 Å². The number of carbonyl (C=O) groups is 2. The molecule has 6 nitrogen and oxygen atoms in total. The number of nitrogens with zero attached hydrogens (tertiary/aromatic N) is 2. The van der Waals surface area contributed by atoms with Gasteiger partial charge in [-0.3, -0.25) is 0 Å². The summed E-state index contributed by atoms with van der Waals surface area (Å²) in [5.74, 6) is -1.08. The summed E-state index contributed by atoms with van der Waals surface area (Å²) in [7, 11) is 5.47. The van der Waals surface area contributed by atoms with E-state index in [1.165, 1.54) is 4.90 Å². The molecule has 0 aromatic heterocycles. The zero-order chi connectivity index (χ0) is 15.1. The van der Waals surface area contributed by atoms with Gasteiger partial charge in [0.1, 0.15) is 0 Å². The standard InChI is InChI=1S/C14H21N3O3/c1-16(2)9-10-17(3)14(20)15-12(13(18)19)11-7-5-4-6-8-11/h4-8,12H,9-10H2,1-3H3,(H,15,20)(H,18,19)/t12-/m1/s1. The van der Waals surface area contributed by atoms with Crippen LogP contribution in [0.3, 0.4) is 0 Å². The van der Waals surface area contributed by atoms with E-state index in [1.807, 2.05) is 19.0 Å². The minimum absolute atomic E-state index is 0.400. The summed E-state index contributed by atoms with van der Waals surface area (Å²) in [6.07, 6.45) is 0. The smallest absolute Gasteiger partial charge is 0.330 e. The maximum atomic E-state index is 12.0. The molecule has 0 aliphatic carbocycles. The Morgan fingerprint density at radius 3 is 2.25 bits per heavy atom. The van der Waals surface area contributed by atoms with Gasteiger partial charge in [0, 0.05) is 20.1 Å². The first-order valence-electron chi connectivity index (χ1n) is 6.36. The van der Waals surface area contributed by atoms with Crippen LogP contribution in [-0.2, 0) is 4.79 Å². The summed E-state index contributed by atoms with van der Waals surface area (Å²) >= 11 is 0. The van der Waals surface area contributed by atoms with Crippen LogP contribution in [0, 0.1) is 0 Å². The van der Waals surface area contributed by atoms with Crippen LogP contribution >= 0.6 is 0 Å². The molecule has 110 valence electrons. The number of rotatable bonds is 6. The second kappa shape index (κ2) is 7.49. The van der Waals surface area contributed by atoms with Crippen molar-refractivity contribution >= 4 is 12.0 Å². The normalized spacial score (nSPS) is 12.0. The minimum Gasteiger partial charge on any atom is -0.479 e. The number of urea groups is 1. The first-order valence-corrected chi connectivity index (χ1v) is 6.36. The summed E-state index contributed by atoms with van der Waals surface area (Å²) in [5.41, 5.74) is 0.550. The molecule has 0 spiro atoms. The molecule has 0 aliphatic heterocycles. The molecule has 0 radical (unpaired) electrons. The molecular formula is C14H21N3O3. The fraction of sp³-hybridized carbons (Fsp3) is 0.429. The fourth-order valence-electron chi connectivity index (χ4n) is 1.62. The van der Waals surface area contributed by atoms with Crippen molar-refractivity contribution in [3.8, 4) is 0 Å². The quantitative estimate of drug-likeness (QED) is 0.815. The molecule has 0 heterocycles. The SMILES string of the molecule is CN(C)CCN(C)C(=O)N[C@@H](C(=O)O)c1ccccc1. The molecule has 0 saturated carbocycles. The van der Waals surface area contributed by atoms with E-state index in [-0.39, 0.29) is 0 Å². The van der Waals surface area contributed by atoms with Crippen molar-refractivity contribution in [1.82, 2.24) is 15.1 Å². The van der Waals surface area contributed by atoms with E-state index in [1.54, 1.807) is 37.4 Å². The van der Waals surface area contributed by atoms with Crippen LogP contribution in [0.25, 0.3) is 0 Å². The van der Waals surface area contributed by atoms with Crippen LogP contribution in [0.4, 0.5) is 4.79 Å². The Labute approximate surface area is 119 Å². The van der Waals surface area contributed by atoms with E-state index < -0.39 is 18.0 Å². The van der Waals surface area contributed by atoms with Crippen molar-refractivity contribution in [1.29, 1.82) is 0 Å². The summed E-state index contributed by atoms with van der Waals surface area (Å²) in [6.45, 7) is 1.24. The number of amides is 2. The molecule has 1 atom stereocenters. The molecule has 0 saturated heterocycles. The molecule has 1 rings (SSSR count). The Hall–Kier alpha value is -2.08. The highest BCUT2D eigenvalue weighted by molar-refractivity contribution is 5.83. The lowest BCUT2D eigenvalue weighted by molar-refractivity contribution is -0.139. The monoisotopic (exact) mass is 279 g/mol. The summed E-state index contributed by atoms with van der Waals surface area (Å²) < 4.78 is 0. The van der Waals surface area contributed by atoms with Crippen LogP contribution in [0.5, 0.6) is 0 Å². The van der Waals surface area contributed by atoms with Crippen molar-refractivity contribution in [2.45, 2.75) is 6.04 Å². The zero-order valence-corrected chi connectivity index (χ0v) is 12.0. The van der Waals surface area contributed by atoms with Gasteiger partial charge in [-0.1, -0.05) is 30.3 Å². The third-order valence-electron chi connectivity index (χ3n) is 2.88. The number of carbonyl (C=O) groups excluding carboxylic acids is 1. The summed E-state index contributed by atoms with van der Waals surface area (Å²) in [4.78, 5) is 26.7. The molecule has 1 aromatic carbocycles. The van der Waals surface area contributed by atoms with E-state index in [0.717, 1.165) is 0 Å².